The number of thiazole rings is 1. The van der Waals surface area contributed by atoms with Gasteiger partial charge in [0.25, 0.3) is 0 Å². The Hall–Kier alpha value is -1.55. The van der Waals surface area contributed by atoms with Crippen molar-refractivity contribution in [3.8, 4) is 11.5 Å². The van der Waals surface area contributed by atoms with E-state index in [-0.39, 0.29) is 24.0 Å². The lowest BCUT2D eigenvalue weighted by Gasteiger charge is -2.23. The van der Waals surface area contributed by atoms with Crippen LogP contribution in [0, 0.1) is 13.8 Å². The van der Waals surface area contributed by atoms with Crippen LogP contribution in [0.25, 0.3) is 0 Å². The van der Waals surface area contributed by atoms with Crippen molar-refractivity contribution in [2.24, 2.45) is 4.99 Å². The average Bonchev–Trinajstić information content (AvgIpc) is 2.93. The summed E-state index contributed by atoms with van der Waals surface area (Å²) in [6.45, 7) is 5.46. The highest BCUT2D eigenvalue weighted by Gasteiger charge is 2.12. The topological polar surface area (TPSA) is 59.0 Å². The molecule has 0 bridgehead atoms. The van der Waals surface area contributed by atoms with E-state index in [1.807, 2.05) is 32.2 Å². The predicted octanol–water partition coefficient (Wildman–Crippen LogP) is 3.60. The molecule has 6 nitrogen and oxygen atoms in total. The molecule has 26 heavy (non-hydrogen) atoms. The molecule has 8 heteroatoms. The minimum Gasteiger partial charge on any atom is -0.497 e. The van der Waals surface area contributed by atoms with E-state index in [9.17, 15) is 0 Å². The summed E-state index contributed by atoms with van der Waals surface area (Å²) in [7, 11) is 7.09. The van der Waals surface area contributed by atoms with Crippen LogP contribution in [0.15, 0.2) is 23.2 Å². The molecule has 0 atom stereocenters. The average molecular weight is 490 g/mol. The fourth-order valence-corrected chi connectivity index (χ4v) is 3.34. The summed E-state index contributed by atoms with van der Waals surface area (Å²) in [6, 6.07) is 5.83. The molecule has 2 aromatic rings. The molecule has 0 aliphatic heterocycles. The summed E-state index contributed by atoms with van der Waals surface area (Å²) in [5.74, 6) is 2.39. The molecule has 0 aliphatic carbocycles. The van der Waals surface area contributed by atoms with Gasteiger partial charge in [0.1, 0.15) is 16.5 Å². The number of guanidine groups is 1. The molecule has 0 fully saturated rings. The molecule has 0 unspecified atom stereocenters. The van der Waals surface area contributed by atoms with Crippen LogP contribution in [0.1, 0.15) is 21.1 Å². The largest absolute Gasteiger partial charge is 0.497 e. The monoisotopic (exact) mass is 490 g/mol. The predicted molar refractivity (Wildman–Crippen MR) is 118 cm³/mol. The van der Waals surface area contributed by atoms with Gasteiger partial charge in [-0.15, -0.1) is 35.3 Å². The van der Waals surface area contributed by atoms with Gasteiger partial charge in [0.15, 0.2) is 5.96 Å². The Bertz CT molecular complexity index is 729. The van der Waals surface area contributed by atoms with Gasteiger partial charge >= 0.3 is 0 Å². The van der Waals surface area contributed by atoms with Crippen LogP contribution in [0.2, 0.25) is 0 Å². The van der Waals surface area contributed by atoms with Gasteiger partial charge in [0, 0.05) is 37.1 Å². The van der Waals surface area contributed by atoms with Gasteiger partial charge in [-0.3, -0.25) is 4.99 Å². The summed E-state index contributed by atoms with van der Waals surface area (Å²) in [5.41, 5.74) is 2.16. The number of hydrogen-bond donors (Lipinski definition) is 1. The molecular weight excluding hydrogens is 463 g/mol. The molecule has 0 aliphatic rings. The first-order valence-electron chi connectivity index (χ1n) is 8.04. The smallest absolute Gasteiger partial charge is 0.194 e. The number of nitrogens with zero attached hydrogens (tertiary/aromatic N) is 3. The van der Waals surface area contributed by atoms with E-state index in [1.165, 1.54) is 4.88 Å². The Morgan fingerprint density at radius 2 is 2.00 bits per heavy atom. The first-order chi connectivity index (χ1) is 12.0. The van der Waals surface area contributed by atoms with Crippen molar-refractivity contribution in [1.29, 1.82) is 0 Å². The molecule has 144 valence electrons. The Morgan fingerprint density at radius 3 is 2.54 bits per heavy atom. The fraction of sp³-hybridized carbons (Fsp3) is 0.444. The van der Waals surface area contributed by atoms with Crippen molar-refractivity contribution < 1.29 is 9.47 Å². The number of aromatic nitrogens is 1. The number of methoxy groups -OCH3 is 2. The second kappa shape index (κ2) is 10.6. The quantitative estimate of drug-likeness (QED) is 0.381. The lowest BCUT2D eigenvalue weighted by molar-refractivity contribution is 0.382. The van der Waals surface area contributed by atoms with Gasteiger partial charge in [-0.2, -0.15) is 0 Å². The van der Waals surface area contributed by atoms with Crippen molar-refractivity contribution in [3.05, 3.63) is 39.3 Å². The molecule has 1 aromatic carbocycles. The summed E-state index contributed by atoms with van der Waals surface area (Å²) < 4.78 is 10.7. The van der Waals surface area contributed by atoms with Crippen LogP contribution in [0.3, 0.4) is 0 Å². The maximum atomic E-state index is 5.47. The first kappa shape index (κ1) is 22.5. The summed E-state index contributed by atoms with van der Waals surface area (Å²) in [5, 5.41) is 4.43. The number of hydrogen-bond acceptors (Lipinski definition) is 5. The number of rotatable bonds is 6. The highest BCUT2D eigenvalue weighted by atomic mass is 127. The minimum absolute atomic E-state index is 0. The summed E-state index contributed by atoms with van der Waals surface area (Å²) >= 11 is 1.71. The fourth-order valence-electron chi connectivity index (χ4n) is 2.47. The molecule has 1 aromatic heterocycles. The van der Waals surface area contributed by atoms with Crippen LogP contribution in [0.5, 0.6) is 11.5 Å². The minimum atomic E-state index is 0. The lowest BCUT2D eigenvalue weighted by Crippen LogP contribution is -2.38. The van der Waals surface area contributed by atoms with Gasteiger partial charge in [-0.05, 0) is 26.0 Å². The number of aliphatic imine (C=N–C) groups is 1. The molecule has 0 spiro atoms. The molecule has 0 saturated carbocycles. The number of nitrogens with one attached hydrogen (secondary N) is 1. The molecule has 0 saturated heterocycles. The van der Waals surface area contributed by atoms with Crippen LogP contribution >= 0.6 is 35.3 Å². The van der Waals surface area contributed by atoms with E-state index in [0.29, 0.717) is 13.1 Å². The molecule has 0 radical (unpaired) electrons. The van der Waals surface area contributed by atoms with Gasteiger partial charge < -0.3 is 19.7 Å². The van der Waals surface area contributed by atoms with Crippen molar-refractivity contribution in [2.45, 2.75) is 26.9 Å². The first-order valence-corrected chi connectivity index (χ1v) is 8.85. The number of benzene rings is 1. The summed E-state index contributed by atoms with van der Waals surface area (Å²) in [4.78, 5) is 12.2. The normalized spacial score (nSPS) is 10.9. The van der Waals surface area contributed by atoms with Crippen molar-refractivity contribution in [2.75, 3.05) is 28.3 Å². The highest BCUT2D eigenvalue weighted by Crippen LogP contribution is 2.25. The molecular formula is C18H27IN4O2S. The SMILES string of the molecule is CN=C(NCc1nc(C)c(C)s1)N(C)Cc1ccc(OC)cc1OC.I. The van der Waals surface area contributed by atoms with E-state index >= 15 is 0 Å². The zero-order valence-electron chi connectivity index (χ0n) is 16.1. The Kier molecular flexibility index (Phi) is 9.14. The van der Waals surface area contributed by atoms with Gasteiger partial charge in [0.2, 0.25) is 0 Å². The third-order valence-electron chi connectivity index (χ3n) is 3.95. The van der Waals surface area contributed by atoms with Crippen LogP contribution < -0.4 is 14.8 Å². The maximum Gasteiger partial charge on any atom is 0.194 e. The highest BCUT2D eigenvalue weighted by molar-refractivity contribution is 14.0. The molecule has 0 amide bonds. The van der Waals surface area contributed by atoms with Gasteiger partial charge in [-0.25, -0.2) is 4.98 Å². The standard InChI is InChI=1S/C18H26N4O2S.HI/c1-12-13(2)25-17(21-12)10-20-18(19-3)22(4)11-14-7-8-15(23-5)9-16(14)24-6;/h7-9H,10-11H2,1-6H3,(H,19,20);1H. The van der Waals surface area contributed by atoms with Crippen molar-refractivity contribution in [1.82, 2.24) is 15.2 Å². The Labute approximate surface area is 176 Å². The molecule has 1 N–H and O–H groups in total. The van der Waals surface area contributed by atoms with Crippen molar-refractivity contribution in [3.63, 3.8) is 0 Å². The second-order valence-electron chi connectivity index (χ2n) is 5.68. The van der Waals surface area contributed by atoms with E-state index in [2.05, 4.69) is 27.1 Å². The zero-order valence-corrected chi connectivity index (χ0v) is 19.3. The van der Waals surface area contributed by atoms with Crippen LogP contribution in [0.4, 0.5) is 0 Å². The van der Waals surface area contributed by atoms with Crippen molar-refractivity contribution >= 4 is 41.3 Å². The summed E-state index contributed by atoms with van der Waals surface area (Å²) in [6.07, 6.45) is 0. The zero-order chi connectivity index (χ0) is 18.4. The van der Waals surface area contributed by atoms with E-state index in [1.54, 1.807) is 32.6 Å². The van der Waals surface area contributed by atoms with Gasteiger partial charge in [0.05, 0.1) is 26.5 Å². The van der Waals surface area contributed by atoms with E-state index in [0.717, 1.165) is 33.7 Å². The molecule has 2 rings (SSSR count). The number of halogens is 1. The third kappa shape index (κ3) is 5.73. The maximum absolute atomic E-state index is 5.47. The Balaban J connectivity index is 0.00000338. The van der Waals surface area contributed by atoms with E-state index < -0.39 is 0 Å². The van der Waals surface area contributed by atoms with Gasteiger partial charge in [-0.1, -0.05) is 0 Å². The number of aryl methyl sites for hydroxylation is 2. The van der Waals surface area contributed by atoms with Crippen LogP contribution in [-0.4, -0.2) is 44.2 Å². The second-order valence-corrected chi connectivity index (χ2v) is 6.97. The van der Waals surface area contributed by atoms with E-state index in [4.69, 9.17) is 9.47 Å². The number of ether oxygens (including phenoxy) is 2. The van der Waals surface area contributed by atoms with Crippen LogP contribution in [-0.2, 0) is 13.1 Å². The lowest BCUT2D eigenvalue weighted by atomic mass is 10.2. The molecule has 1 heterocycles. The third-order valence-corrected chi connectivity index (χ3v) is 5.02. The Morgan fingerprint density at radius 1 is 1.27 bits per heavy atom.